The highest BCUT2D eigenvalue weighted by atomic mass is 15.1. The molecule has 1 aromatic rings. The molecule has 4 heteroatoms. The molecule has 20 heavy (non-hydrogen) atoms. The fourth-order valence-electron chi connectivity index (χ4n) is 1.84. The van der Waals surface area contributed by atoms with Gasteiger partial charge in [-0.2, -0.15) is 0 Å². The molecule has 1 unspecified atom stereocenters. The maximum absolute atomic E-state index is 4.69. The van der Waals surface area contributed by atoms with Crippen LogP contribution in [0.15, 0.2) is 0 Å². The van der Waals surface area contributed by atoms with Crippen molar-refractivity contribution in [1.82, 2.24) is 9.97 Å². The van der Waals surface area contributed by atoms with Gasteiger partial charge in [0.2, 0.25) is 0 Å². The molecule has 1 heterocycles. The maximum Gasteiger partial charge on any atom is 0.134 e. The second kappa shape index (κ2) is 8.08. The quantitative estimate of drug-likeness (QED) is 0.754. The van der Waals surface area contributed by atoms with Crippen molar-refractivity contribution >= 4 is 11.6 Å². The van der Waals surface area contributed by atoms with Gasteiger partial charge in [0.1, 0.15) is 17.5 Å². The van der Waals surface area contributed by atoms with Gasteiger partial charge in [0.25, 0.3) is 0 Å². The highest BCUT2D eigenvalue weighted by molar-refractivity contribution is 5.57. The van der Waals surface area contributed by atoms with E-state index in [-0.39, 0.29) is 0 Å². The Morgan fingerprint density at radius 3 is 2.20 bits per heavy atom. The van der Waals surface area contributed by atoms with E-state index in [0.29, 0.717) is 12.0 Å². The molecule has 0 fully saturated rings. The van der Waals surface area contributed by atoms with E-state index >= 15 is 0 Å². The summed E-state index contributed by atoms with van der Waals surface area (Å²) in [5.74, 6) is 3.45. The van der Waals surface area contributed by atoms with Crippen molar-refractivity contribution in [1.29, 1.82) is 0 Å². The topological polar surface area (TPSA) is 49.8 Å². The summed E-state index contributed by atoms with van der Waals surface area (Å²) in [7, 11) is 0. The molecule has 0 aliphatic heterocycles. The molecule has 0 saturated heterocycles. The Hall–Kier alpha value is -1.32. The van der Waals surface area contributed by atoms with Crippen LogP contribution in [0.4, 0.5) is 11.6 Å². The Morgan fingerprint density at radius 2 is 1.65 bits per heavy atom. The molecule has 0 bridgehead atoms. The summed E-state index contributed by atoms with van der Waals surface area (Å²) in [6, 6.07) is 0.400. The van der Waals surface area contributed by atoms with Crippen LogP contribution < -0.4 is 10.6 Å². The second-order valence-electron chi connectivity index (χ2n) is 5.82. The van der Waals surface area contributed by atoms with Crippen molar-refractivity contribution in [3.63, 3.8) is 0 Å². The Morgan fingerprint density at radius 1 is 1.00 bits per heavy atom. The predicted octanol–water partition coefficient (Wildman–Crippen LogP) is 4.02. The number of rotatable bonds is 8. The number of anilines is 2. The van der Waals surface area contributed by atoms with Crippen LogP contribution in [0.2, 0.25) is 0 Å². The van der Waals surface area contributed by atoms with E-state index in [1.54, 1.807) is 0 Å². The summed E-state index contributed by atoms with van der Waals surface area (Å²) in [4.78, 5) is 9.34. The van der Waals surface area contributed by atoms with Gasteiger partial charge in [-0.3, -0.25) is 0 Å². The van der Waals surface area contributed by atoms with Crippen LogP contribution in [0.25, 0.3) is 0 Å². The summed E-state index contributed by atoms with van der Waals surface area (Å²) < 4.78 is 0. The smallest absolute Gasteiger partial charge is 0.134 e. The zero-order valence-corrected chi connectivity index (χ0v) is 13.9. The van der Waals surface area contributed by atoms with Gasteiger partial charge in [-0.15, -0.1) is 0 Å². The molecule has 0 aliphatic rings. The van der Waals surface area contributed by atoms with Crippen molar-refractivity contribution in [2.45, 2.75) is 66.8 Å². The van der Waals surface area contributed by atoms with Crippen molar-refractivity contribution in [2.24, 2.45) is 5.92 Å². The van der Waals surface area contributed by atoms with Gasteiger partial charge in [0, 0.05) is 24.6 Å². The van der Waals surface area contributed by atoms with Gasteiger partial charge in [0.15, 0.2) is 0 Å². The maximum atomic E-state index is 4.69. The first-order valence-electron chi connectivity index (χ1n) is 7.87. The molecule has 4 nitrogen and oxygen atoms in total. The van der Waals surface area contributed by atoms with Crippen LogP contribution >= 0.6 is 0 Å². The van der Waals surface area contributed by atoms with E-state index in [1.165, 1.54) is 0 Å². The molecule has 0 amide bonds. The minimum absolute atomic E-state index is 0.400. The number of aromatic nitrogens is 2. The number of hydrogen-bond donors (Lipinski definition) is 2. The Labute approximate surface area is 123 Å². The summed E-state index contributed by atoms with van der Waals surface area (Å²) >= 11 is 0. The highest BCUT2D eigenvalue weighted by Gasteiger charge is 2.14. The van der Waals surface area contributed by atoms with E-state index in [1.807, 2.05) is 0 Å². The van der Waals surface area contributed by atoms with Gasteiger partial charge in [-0.05, 0) is 32.6 Å². The van der Waals surface area contributed by atoms with Crippen LogP contribution in [-0.2, 0) is 6.42 Å². The van der Waals surface area contributed by atoms with Gasteiger partial charge in [-0.25, -0.2) is 9.97 Å². The van der Waals surface area contributed by atoms with E-state index in [0.717, 1.165) is 48.8 Å². The average molecular weight is 278 g/mol. The normalized spacial score (nSPS) is 12.6. The predicted molar refractivity (Wildman–Crippen MR) is 87.5 cm³/mol. The monoisotopic (exact) mass is 278 g/mol. The molecule has 1 rings (SSSR count). The summed E-state index contributed by atoms with van der Waals surface area (Å²) in [6.45, 7) is 14.0. The lowest BCUT2D eigenvalue weighted by Crippen LogP contribution is -2.23. The van der Waals surface area contributed by atoms with Crippen LogP contribution in [0.5, 0.6) is 0 Å². The lowest BCUT2D eigenvalue weighted by Gasteiger charge is -2.21. The number of nitrogens with zero attached hydrogens (tertiary/aromatic N) is 2. The van der Waals surface area contributed by atoms with Crippen LogP contribution in [0, 0.1) is 12.8 Å². The van der Waals surface area contributed by atoms with Crippen LogP contribution in [-0.4, -0.2) is 22.6 Å². The first-order valence-corrected chi connectivity index (χ1v) is 7.87. The van der Waals surface area contributed by atoms with Crippen molar-refractivity contribution in [3.8, 4) is 0 Å². The standard InChI is InChI=1S/C16H30N4/c1-7-9-14-19-15(17-10-8-2)12(5)16(20-14)18-13(6)11(3)4/h11,13H,7-10H2,1-6H3,(H2,17,18,19,20). The minimum atomic E-state index is 0.400. The molecular formula is C16H30N4. The second-order valence-corrected chi connectivity index (χ2v) is 5.82. The SMILES string of the molecule is CCCNc1nc(CCC)nc(NC(C)C(C)C)c1C. The van der Waals surface area contributed by atoms with Crippen molar-refractivity contribution in [2.75, 3.05) is 17.2 Å². The Bertz CT molecular complexity index is 415. The Balaban J connectivity index is 3.03. The zero-order chi connectivity index (χ0) is 15.1. The lowest BCUT2D eigenvalue weighted by atomic mass is 10.1. The molecule has 0 aromatic carbocycles. The molecule has 0 aliphatic carbocycles. The molecule has 0 saturated carbocycles. The average Bonchev–Trinajstić information content (AvgIpc) is 2.40. The highest BCUT2D eigenvalue weighted by Crippen LogP contribution is 2.22. The van der Waals surface area contributed by atoms with E-state index in [2.05, 4.69) is 57.2 Å². The fraction of sp³-hybridized carbons (Fsp3) is 0.750. The third-order valence-corrected chi connectivity index (χ3v) is 3.57. The lowest BCUT2D eigenvalue weighted by molar-refractivity contribution is 0.557. The van der Waals surface area contributed by atoms with E-state index < -0.39 is 0 Å². The van der Waals surface area contributed by atoms with Gasteiger partial charge in [-0.1, -0.05) is 27.7 Å². The van der Waals surface area contributed by atoms with Gasteiger partial charge < -0.3 is 10.6 Å². The third kappa shape index (κ3) is 4.66. The number of hydrogen-bond acceptors (Lipinski definition) is 4. The number of nitrogens with one attached hydrogen (secondary N) is 2. The summed E-state index contributed by atoms with van der Waals surface area (Å²) in [5.41, 5.74) is 1.12. The van der Waals surface area contributed by atoms with Gasteiger partial charge in [0.05, 0.1) is 0 Å². The van der Waals surface area contributed by atoms with E-state index in [9.17, 15) is 0 Å². The van der Waals surface area contributed by atoms with E-state index in [4.69, 9.17) is 4.98 Å². The minimum Gasteiger partial charge on any atom is -0.370 e. The summed E-state index contributed by atoms with van der Waals surface area (Å²) in [6.07, 6.45) is 3.08. The van der Waals surface area contributed by atoms with Crippen molar-refractivity contribution < 1.29 is 0 Å². The van der Waals surface area contributed by atoms with Crippen LogP contribution in [0.3, 0.4) is 0 Å². The molecule has 114 valence electrons. The number of aryl methyl sites for hydroxylation is 1. The van der Waals surface area contributed by atoms with Crippen molar-refractivity contribution in [3.05, 3.63) is 11.4 Å². The molecule has 0 radical (unpaired) electrons. The zero-order valence-electron chi connectivity index (χ0n) is 13.9. The molecule has 1 atom stereocenters. The molecular weight excluding hydrogens is 248 g/mol. The summed E-state index contributed by atoms with van der Waals surface area (Å²) in [5, 5.41) is 6.95. The van der Waals surface area contributed by atoms with Crippen LogP contribution in [0.1, 0.15) is 58.8 Å². The fourth-order valence-corrected chi connectivity index (χ4v) is 1.84. The largest absolute Gasteiger partial charge is 0.370 e. The van der Waals surface area contributed by atoms with Gasteiger partial charge >= 0.3 is 0 Å². The first-order chi connectivity index (χ1) is 9.49. The first kappa shape index (κ1) is 16.7. The molecule has 1 aromatic heterocycles. The third-order valence-electron chi connectivity index (χ3n) is 3.57. The Kier molecular flexibility index (Phi) is 6.76. The molecule has 2 N–H and O–H groups in total. The molecule has 0 spiro atoms.